The lowest BCUT2D eigenvalue weighted by atomic mass is 10.1. The van der Waals surface area contributed by atoms with Crippen molar-refractivity contribution in [2.75, 3.05) is 6.54 Å². The molecule has 4 aromatic rings. The van der Waals surface area contributed by atoms with Crippen LogP contribution < -0.4 is 5.32 Å². The molecule has 31 heavy (non-hydrogen) atoms. The highest BCUT2D eigenvalue weighted by atomic mass is 32.1. The van der Waals surface area contributed by atoms with Gasteiger partial charge in [0.2, 0.25) is 0 Å². The van der Waals surface area contributed by atoms with E-state index in [9.17, 15) is 0 Å². The number of benzene rings is 2. The third-order valence-corrected chi connectivity index (χ3v) is 6.52. The van der Waals surface area contributed by atoms with Gasteiger partial charge < -0.3 is 5.32 Å². The van der Waals surface area contributed by atoms with Gasteiger partial charge in [-0.25, -0.2) is 9.99 Å². The number of hydrazone groups is 1. The van der Waals surface area contributed by atoms with Gasteiger partial charge in [-0.05, 0) is 47.8 Å². The molecule has 0 saturated carbocycles. The second-order valence-corrected chi connectivity index (χ2v) is 8.67. The van der Waals surface area contributed by atoms with Gasteiger partial charge in [-0.2, -0.15) is 5.10 Å². The molecule has 0 radical (unpaired) electrons. The van der Waals surface area contributed by atoms with Gasteiger partial charge in [0.05, 0.1) is 33.5 Å². The largest absolute Gasteiger partial charge is 0.361 e. The summed E-state index contributed by atoms with van der Waals surface area (Å²) in [4.78, 5) is 10.6. The lowest BCUT2D eigenvalue weighted by Gasteiger charge is -2.24. The van der Waals surface area contributed by atoms with Crippen molar-refractivity contribution in [3.05, 3.63) is 94.4 Å². The zero-order chi connectivity index (χ0) is 21.0. The second-order valence-electron chi connectivity index (χ2n) is 7.34. The molecule has 0 spiro atoms. The summed E-state index contributed by atoms with van der Waals surface area (Å²) in [6.45, 7) is 0.749. The second kappa shape index (κ2) is 8.91. The van der Waals surface area contributed by atoms with E-state index in [0.717, 1.165) is 46.7 Å². The molecule has 1 aliphatic rings. The normalized spacial score (nSPS) is 15.8. The van der Waals surface area contributed by atoms with Crippen LogP contribution in [0, 0.1) is 0 Å². The molecule has 1 unspecified atom stereocenters. The van der Waals surface area contributed by atoms with Crippen molar-refractivity contribution in [1.82, 2.24) is 20.3 Å². The van der Waals surface area contributed by atoms with E-state index in [1.54, 1.807) is 11.3 Å². The summed E-state index contributed by atoms with van der Waals surface area (Å²) in [6, 6.07) is 22.4. The quantitative estimate of drug-likeness (QED) is 0.442. The maximum atomic E-state index is 5.75. The number of nitrogens with zero attached hydrogens (tertiary/aromatic N) is 4. The minimum absolute atomic E-state index is 0.0778. The summed E-state index contributed by atoms with van der Waals surface area (Å²) in [5.74, 6) is 0. The Labute approximate surface area is 190 Å². The minimum atomic E-state index is -0.0778. The Kier molecular flexibility index (Phi) is 5.69. The Morgan fingerprint density at radius 1 is 1.03 bits per heavy atom. The summed E-state index contributed by atoms with van der Waals surface area (Å²) in [5.41, 5.74) is 4.95. The monoisotopic (exact) mass is 443 g/mol. The van der Waals surface area contributed by atoms with E-state index in [4.69, 9.17) is 22.3 Å². The molecular formula is C24H21N5S2. The van der Waals surface area contributed by atoms with E-state index < -0.39 is 0 Å². The van der Waals surface area contributed by atoms with Crippen molar-refractivity contribution in [2.45, 2.75) is 18.9 Å². The Morgan fingerprint density at radius 3 is 2.65 bits per heavy atom. The molecule has 2 aromatic carbocycles. The first-order chi connectivity index (χ1) is 15.3. The van der Waals surface area contributed by atoms with Gasteiger partial charge in [-0.3, -0.25) is 4.98 Å². The smallest absolute Gasteiger partial charge is 0.190 e. The number of hydrogen-bond acceptors (Lipinski definition) is 5. The number of rotatable bonds is 5. The molecule has 1 N–H and O–H groups in total. The highest BCUT2D eigenvalue weighted by Crippen LogP contribution is 2.33. The lowest BCUT2D eigenvalue weighted by Crippen LogP contribution is -2.38. The Balaban J connectivity index is 1.38. The van der Waals surface area contributed by atoms with Gasteiger partial charge in [0.25, 0.3) is 0 Å². The summed E-state index contributed by atoms with van der Waals surface area (Å²) in [6.07, 6.45) is 3.49. The molecule has 7 heteroatoms. The molecule has 0 amide bonds. The molecule has 0 saturated heterocycles. The molecule has 3 heterocycles. The standard InChI is InChI=1S/C24H21N5S2/c30-24(25-13-12-17-7-2-1-3-8-17)29-22(15-20(28-29)23-11-6-14-31-23)21-16-26-18-9-4-5-10-19(18)27-21/h1-11,14,16,22H,12-13,15H2,(H,25,30). The molecule has 0 bridgehead atoms. The molecular weight excluding hydrogens is 422 g/mol. The van der Waals surface area contributed by atoms with Crippen LogP contribution in [0.3, 0.4) is 0 Å². The first kappa shape index (κ1) is 19.8. The zero-order valence-corrected chi connectivity index (χ0v) is 18.4. The number of para-hydroxylation sites is 2. The van der Waals surface area contributed by atoms with Crippen molar-refractivity contribution in [3.8, 4) is 0 Å². The van der Waals surface area contributed by atoms with Crippen LogP contribution >= 0.6 is 23.6 Å². The minimum Gasteiger partial charge on any atom is -0.361 e. The van der Waals surface area contributed by atoms with E-state index in [0.29, 0.717) is 5.11 Å². The fourth-order valence-corrected chi connectivity index (χ4v) is 4.68. The van der Waals surface area contributed by atoms with Crippen LogP contribution in [0.15, 0.2) is 83.4 Å². The number of fused-ring (bicyclic) bond motifs is 1. The maximum absolute atomic E-state index is 5.75. The number of nitrogens with one attached hydrogen (secondary N) is 1. The third kappa shape index (κ3) is 4.33. The van der Waals surface area contributed by atoms with Crippen molar-refractivity contribution < 1.29 is 0 Å². The van der Waals surface area contributed by atoms with Crippen LogP contribution in [0.4, 0.5) is 0 Å². The van der Waals surface area contributed by atoms with Crippen molar-refractivity contribution >= 4 is 45.4 Å². The van der Waals surface area contributed by atoms with Crippen LogP contribution in [-0.4, -0.2) is 32.3 Å². The topological polar surface area (TPSA) is 53.4 Å². The van der Waals surface area contributed by atoms with Gasteiger partial charge in [-0.15, -0.1) is 11.3 Å². The summed E-state index contributed by atoms with van der Waals surface area (Å²) in [7, 11) is 0. The SMILES string of the molecule is S=C(NCCc1ccccc1)N1N=C(c2cccs2)CC1c1cnc2ccccc2n1. The van der Waals surface area contributed by atoms with Crippen LogP contribution in [0.2, 0.25) is 0 Å². The molecule has 2 aromatic heterocycles. The number of thiophene rings is 1. The molecule has 0 fully saturated rings. The first-order valence-electron chi connectivity index (χ1n) is 10.2. The van der Waals surface area contributed by atoms with E-state index >= 15 is 0 Å². The summed E-state index contributed by atoms with van der Waals surface area (Å²) >= 11 is 7.44. The number of hydrogen-bond donors (Lipinski definition) is 1. The summed E-state index contributed by atoms with van der Waals surface area (Å²) in [5, 5.41) is 12.8. The van der Waals surface area contributed by atoms with Crippen molar-refractivity contribution in [1.29, 1.82) is 0 Å². The predicted molar refractivity (Wildman–Crippen MR) is 130 cm³/mol. The van der Waals surface area contributed by atoms with Crippen molar-refractivity contribution in [3.63, 3.8) is 0 Å². The molecule has 5 nitrogen and oxygen atoms in total. The Morgan fingerprint density at radius 2 is 1.84 bits per heavy atom. The third-order valence-electron chi connectivity index (χ3n) is 5.27. The number of thiocarbonyl (C=S) groups is 1. The van der Waals surface area contributed by atoms with Gasteiger partial charge in [0.15, 0.2) is 5.11 Å². The van der Waals surface area contributed by atoms with Crippen LogP contribution in [0.25, 0.3) is 11.0 Å². The van der Waals surface area contributed by atoms with E-state index in [-0.39, 0.29) is 6.04 Å². The van der Waals surface area contributed by atoms with Gasteiger partial charge in [0, 0.05) is 13.0 Å². The molecule has 0 aliphatic carbocycles. The molecule has 1 aliphatic heterocycles. The van der Waals surface area contributed by atoms with Crippen molar-refractivity contribution in [2.24, 2.45) is 5.10 Å². The zero-order valence-electron chi connectivity index (χ0n) is 16.8. The van der Waals surface area contributed by atoms with E-state index in [1.807, 2.05) is 47.6 Å². The lowest BCUT2D eigenvalue weighted by molar-refractivity contribution is 0.357. The molecule has 1 atom stereocenters. The molecule has 5 rings (SSSR count). The first-order valence-corrected chi connectivity index (χ1v) is 11.5. The van der Waals surface area contributed by atoms with E-state index in [1.165, 1.54) is 5.56 Å². The Hall–Kier alpha value is -3.16. The fourth-order valence-electron chi connectivity index (χ4n) is 3.69. The fraction of sp³-hybridized carbons (Fsp3) is 0.167. The van der Waals surface area contributed by atoms with Crippen LogP contribution in [-0.2, 0) is 6.42 Å². The van der Waals surface area contributed by atoms with Gasteiger partial charge in [-0.1, -0.05) is 48.5 Å². The Bertz CT molecular complexity index is 1220. The van der Waals surface area contributed by atoms with E-state index in [2.05, 4.69) is 46.0 Å². The van der Waals surface area contributed by atoms with Gasteiger partial charge >= 0.3 is 0 Å². The maximum Gasteiger partial charge on any atom is 0.190 e. The average molecular weight is 444 g/mol. The molecule has 154 valence electrons. The average Bonchev–Trinajstić information content (AvgIpc) is 3.50. The van der Waals surface area contributed by atoms with Gasteiger partial charge in [0.1, 0.15) is 6.04 Å². The van der Waals surface area contributed by atoms with Crippen LogP contribution in [0.1, 0.15) is 28.6 Å². The highest BCUT2D eigenvalue weighted by Gasteiger charge is 2.33. The van der Waals surface area contributed by atoms with Crippen LogP contribution in [0.5, 0.6) is 0 Å². The predicted octanol–water partition coefficient (Wildman–Crippen LogP) is 4.96. The number of aromatic nitrogens is 2. The summed E-state index contributed by atoms with van der Waals surface area (Å²) < 4.78 is 0. The highest BCUT2D eigenvalue weighted by molar-refractivity contribution is 7.80.